The quantitative estimate of drug-likeness (QED) is 0.216. The number of carbonyl (C=O) groups is 2. The standard InChI is InChI=1S/C2H2O4.F3P.2Li/c3-1(4)2(5)6;1-4(2)3;;/h(H,3,4)(H,5,6);;;/q;;2*+1/p-2. The van der Waals surface area contributed by atoms with Crippen molar-refractivity contribution in [3.05, 3.63) is 0 Å². The molecule has 0 amide bonds. The fraction of sp³-hybridized carbons (Fsp3) is 0. The van der Waals surface area contributed by atoms with Crippen LogP contribution in [0.2, 0.25) is 0 Å². The van der Waals surface area contributed by atoms with E-state index in [1.54, 1.807) is 0 Å². The minimum Gasteiger partial charge on any atom is -0.543 e. The van der Waals surface area contributed by atoms with Gasteiger partial charge in [0.05, 0.1) is 11.9 Å². The zero-order valence-electron chi connectivity index (χ0n) is 6.21. The van der Waals surface area contributed by atoms with Gasteiger partial charge in [0.25, 0.3) is 0 Å². The van der Waals surface area contributed by atoms with Crippen LogP contribution in [-0.2, 0) is 9.59 Å². The van der Waals surface area contributed by atoms with Crippen molar-refractivity contribution in [3.8, 4) is 0 Å². The fourth-order valence-electron chi connectivity index (χ4n) is 0. The maximum absolute atomic E-state index is 9.73. The van der Waals surface area contributed by atoms with Crippen molar-refractivity contribution < 1.29 is 70.1 Å². The Balaban J connectivity index is -0.0000000483. The Morgan fingerprint density at radius 1 is 0.917 bits per heavy atom. The predicted octanol–water partition coefficient (Wildman–Crippen LogP) is -7.38. The van der Waals surface area contributed by atoms with Gasteiger partial charge in [-0.25, -0.2) is 0 Å². The monoisotopic (exact) mass is 190 g/mol. The van der Waals surface area contributed by atoms with Crippen molar-refractivity contribution in [1.29, 1.82) is 0 Å². The van der Waals surface area contributed by atoms with Gasteiger partial charge in [-0.15, -0.1) is 0 Å². The molecule has 0 radical (unpaired) electrons. The molecule has 12 heavy (non-hydrogen) atoms. The molecule has 4 nitrogen and oxygen atoms in total. The van der Waals surface area contributed by atoms with Crippen LogP contribution in [0.15, 0.2) is 0 Å². The van der Waals surface area contributed by atoms with Crippen molar-refractivity contribution in [2.45, 2.75) is 0 Å². The molecule has 0 heterocycles. The molecule has 0 aromatic rings. The molecule has 0 aliphatic carbocycles. The Morgan fingerprint density at radius 2 is 1.00 bits per heavy atom. The first kappa shape index (κ1) is 22.8. The summed E-state index contributed by atoms with van der Waals surface area (Å²) in [6, 6.07) is 0. The third-order valence-corrected chi connectivity index (χ3v) is 0.167. The smallest absolute Gasteiger partial charge is 0.543 e. The SMILES string of the molecule is FP(F)F.O=C([O-])C(=O)[O-].[Li+].[Li+]. The predicted molar refractivity (Wildman–Crippen MR) is 20.3 cm³/mol. The molecule has 0 aromatic carbocycles. The molecule has 0 bridgehead atoms. The van der Waals surface area contributed by atoms with Gasteiger partial charge < -0.3 is 19.8 Å². The number of carbonyl (C=O) groups excluding carboxylic acids is 2. The van der Waals surface area contributed by atoms with Crippen LogP contribution in [0.4, 0.5) is 12.6 Å². The van der Waals surface area contributed by atoms with Gasteiger partial charge in [0, 0.05) is 0 Å². The molecule has 0 aliphatic heterocycles. The Labute approximate surface area is 91.0 Å². The maximum atomic E-state index is 9.73. The largest absolute Gasteiger partial charge is 1.00 e. The summed E-state index contributed by atoms with van der Waals surface area (Å²) in [7, 11) is -4.12. The number of hydrogen-bond donors (Lipinski definition) is 0. The number of carboxylic acids is 2. The number of carboxylic acid groups (broad SMARTS) is 2. The molecule has 0 fully saturated rings. The third-order valence-electron chi connectivity index (χ3n) is 0.167. The van der Waals surface area contributed by atoms with Crippen LogP contribution in [0.3, 0.4) is 0 Å². The molecule has 0 aromatic heterocycles. The average Bonchev–Trinajstić information content (AvgIpc) is 1.63. The minimum absolute atomic E-state index is 0. The third kappa shape index (κ3) is 47.8. The summed E-state index contributed by atoms with van der Waals surface area (Å²) in [5, 5.41) is 17.9. The van der Waals surface area contributed by atoms with E-state index in [-0.39, 0.29) is 37.7 Å². The summed E-state index contributed by atoms with van der Waals surface area (Å²) in [5.74, 6) is -4.37. The summed E-state index contributed by atoms with van der Waals surface area (Å²) < 4.78 is 29.2. The second kappa shape index (κ2) is 13.9. The Hall–Kier alpha value is 0.355. The van der Waals surface area contributed by atoms with E-state index in [0.717, 1.165) is 0 Å². The first-order valence-electron chi connectivity index (χ1n) is 1.57. The summed E-state index contributed by atoms with van der Waals surface area (Å²) in [6.45, 7) is 0. The van der Waals surface area contributed by atoms with E-state index < -0.39 is 20.8 Å². The molecule has 60 valence electrons. The second-order valence-corrected chi connectivity index (χ2v) is 1.15. The first-order valence-corrected chi connectivity index (χ1v) is 2.59. The van der Waals surface area contributed by atoms with E-state index >= 15 is 0 Å². The van der Waals surface area contributed by atoms with Gasteiger partial charge in [-0.1, -0.05) is 0 Å². The fourth-order valence-corrected chi connectivity index (χ4v) is 0. The molecule has 0 saturated heterocycles. The van der Waals surface area contributed by atoms with Crippen molar-refractivity contribution in [2.24, 2.45) is 0 Å². The molecule has 0 rings (SSSR count). The van der Waals surface area contributed by atoms with Crippen molar-refractivity contribution in [2.75, 3.05) is 0 Å². The van der Waals surface area contributed by atoms with Gasteiger partial charge in [0.15, 0.2) is 0 Å². The van der Waals surface area contributed by atoms with E-state index in [1.807, 2.05) is 0 Å². The van der Waals surface area contributed by atoms with Crippen molar-refractivity contribution in [1.82, 2.24) is 0 Å². The summed E-state index contributed by atoms with van der Waals surface area (Å²) in [4.78, 5) is 17.9. The van der Waals surface area contributed by atoms with Crippen molar-refractivity contribution >= 4 is 20.8 Å². The Kier molecular flexibility index (Phi) is 26.5. The molecule has 0 unspecified atom stereocenters. The van der Waals surface area contributed by atoms with Crippen LogP contribution >= 0.6 is 8.85 Å². The maximum Gasteiger partial charge on any atom is 1.00 e. The van der Waals surface area contributed by atoms with E-state index in [1.165, 1.54) is 0 Å². The summed E-state index contributed by atoms with van der Waals surface area (Å²) in [6.07, 6.45) is 0. The first-order chi connectivity index (χ1) is 4.37. The minimum atomic E-state index is -4.12. The molecule has 10 heteroatoms. The molecule has 0 saturated carbocycles. The van der Waals surface area contributed by atoms with E-state index in [2.05, 4.69) is 0 Å². The zero-order chi connectivity index (χ0) is 8.73. The molecule has 0 aliphatic rings. The normalized spacial score (nSPS) is 6.67. The second-order valence-electron chi connectivity index (χ2n) is 0.767. The molecular weight excluding hydrogens is 190 g/mol. The van der Waals surface area contributed by atoms with Crippen LogP contribution in [-0.4, -0.2) is 11.9 Å². The van der Waals surface area contributed by atoms with E-state index in [0.29, 0.717) is 0 Å². The molecule has 0 spiro atoms. The molecule has 0 N–H and O–H groups in total. The average molecular weight is 190 g/mol. The van der Waals surface area contributed by atoms with Crippen LogP contribution in [0.25, 0.3) is 0 Å². The van der Waals surface area contributed by atoms with Crippen LogP contribution < -0.4 is 47.9 Å². The van der Waals surface area contributed by atoms with Crippen LogP contribution in [0.1, 0.15) is 0 Å². The Morgan fingerprint density at radius 3 is 1.00 bits per heavy atom. The van der Waals surface area contributed by atoms with E-state index in [4.69, 9.17) is 19.8 Å². The van der Waals surface area contributed by atoms with Crippen LogP contribution in [0.5, 0.6) is 0 Å². The van der Waals surface area contributed by atoms with Crippen LogP contribution in [0, 0.1) is 0 Å². The number of hydrogen-bond acceptors (Lipinski definition) is 4. The topological polar surface area (TPSA) is 80.3 Å². The number of aliphatic carboxylic acids is 2. The van der Waals surface area contributed by atoms with Gasteiger partial charge in [0.2, 0.25) is 0 Å². The van der Waals surface area contributed by atoms with E-state index in [9.17, 15) is 12.6 Å². The number of halogens is 3. The number of rotatable bonds is 0. The van der Waals surface area contributed by atoms with Gasteiger partial charge in [-0.3, -0.25) is 0 Å². The van der Waals surface area contributed by atoms with Gasteiger partial charge in [-0.2, -0.15) is 12.6 Å². The van der Waals surface area contributed by atoms with Gasteiger partial charge in [0.1, 0.15) is 0 Å². The summed E-state index contributed by atoms with van der Waals surface area (Å²) in [5.41, 5.74) is 0. The summed E-state index contributed by atoms with van der Waals surface area (Å²) >= 11 is 0. The Bertz CT molecular complexity index is 119. The van der Waals surface area contributed by atoms with Gasteiger partial charge >= 0.3 is 46.6 Å². The van der Waals surface area contributed by atoms with Gasteiger partial charge in [-0.05, 0) is 0 Å². The molecular formula is C2F3Li2O4P. The zero-order valence-corrected chi connectivity index (χ0v) is 7.11. The van der Waals surface area contributed by atoms with Crippen molar-refractivity contribution in [3.63, 3.8) is 0 Å². The molecule has 0 atom stereocenters.